The highest BCUT2D eigenvalue weighted by Gasteiger charge is 2.33. The van der Waals surface area contributed by atoms with Crippen molar-refractivity contribution in [3.05, 3.63) is 41.9 Å². The van der Waals surface area contributed by atoms with Crippen LogP contribution in [0, 0.1) is 0 Å². The van der Waals surface area contributed by atoms with Crippen LogP contribution in [0.1, 0.15) is 35.1 Å². The minimum absolute atomic E-state index is 0.00159. The Morgan fingerprint density at radius 2 is 2.06 bits per heavy atom. The zero-order valence-corrected chi connectivity index (χ0v) is 19.2. The number of benzene rings is 1. The molecule has 9 nitrogen and oxygen atoms in total. The molecule has 3 atom stereocenters. The summed E-state index contributed by atoms with van der Waals surface area (Å²) in [4.78, 5) is 17.2. The second-order valence-corrected chi connectivity index (χ2v) is 8.91. The molecule has 1 amide bonds. The van der Waals surface area contributed by atoms with Gasteiger partial charge in [-0.1, -0.05) is 23.5 Å². The Labute approximate surface area is 201 Å². The molecule has 1 saturated heterocycles. The highest BCUT2D eigenvalue weighted by atomic mass is 32.1. The van der Waals surface area contributed by atoms with Crippen LogP contribution in [0.5, 0.6) is 5.75 Å². The largest absolute Gasteiger partial charge is 0.573 e. The van der Waals surface area contributed by atoms with Gasteiger partial charge in [-0.05, 0) is 25.0 Å². The topological polar surface area (TPSA) is 130 Å². The molecule has 4 rings (SSSR count). The third kappa shape index (κ3) is 5.55. The van der Waals surface area contributed by atoms with Gasteiger partial charge < -0.3 is 26.3 Å². The van der Waals surface area contributed by atoms with Crippen molar-refractivity contribution in [1.29, 1.82) is 0 Å². The van der Waals surface area contributed by atoms with Gasteiger partial charge in [-0.15, -0.1) is 13.2 Å². The van der Waals surface area contributed by atoms with Gasteiger partial charge >= 0.3 is 6.36 Å². The molecular formula is C21H22F4N6O3S. The molecule has 0 aliphatic carbocycles. The van der Waals surface area contributed by atoms with Gasteiger partial charge in [-0.25, -0.2) is 9.37 Å². The Morgan fingerprint density at radius 1 is 1.31 bits per heavy atom. The molecule has 1 aromatic carbocycles. The number of carbonyl (C=O) groups excluding carboxylic acids is 1. The van der Waals surface area contributed by atoms with Crippen LogP contribution in [-0.2, 0) is 11.8 Å². The maximum atomic E-state index is 14.0. The minimum atomic E-state index is -4.90. The van der Waals surface area contributed by atoms with Gasteiger partial charge in [-0.2, -0.15) is 5.10 Å². The van der Waals surface area contributed by atoms with Gasteiger partial charge in [0.15, 0.2) is 5.69 Å². The number of thiazole rings is 1. The number of nitrogens with two attached hydrogens (primary N) is 2. The molecule has 0 saturated carbocycles. The average Bonchev–Trinajstić information content (AvgIpc) is 3.30. The number of aryl methyl sites for hydroxylation is 1. The summed E-state index contributed by atoms with van der Waals surface area (Å²) >= 11 is 0.845. The average molecular weight is 515 g/mol. The highest BCUT2D eigenvalue weighted by Crippen LogP contribution is 2.38. The predicted octanol–water partition coefficient (Wildman–Crippen LogP) is 3.79. The summed E-state index contributed by atoms with van der Waals surface area (Å²) in [6, 6.07) is 4.77. The van der Waals surface area contributed by atoms with E-state index < -0.39 is 36.3 Å². The zero-order valence-electron chi connectivity index (χ0n) is 18.4. The van der Waals surface area contributed by atoms with Crippen molar-refractivity contribution in [2.45, 2.75) is 37.5 Å². The first-order valence-corrected chi connectivity index (χ1v) is 11.3. The maximum Gasteiger partial charge on any atom is 0.573 e. The Balaban J connectivity index is 1.58. The lowest BCUT2D eigenvalue weighted by atomic mass is 10.0. The number of rotatable bonds is 5. The summed E-state index contributed by atoms with van der Waals surface area (Å²) < 4.78 is 63.5. The molecule has 14 heteroatoms. The molecule has 1 aliphatic heterocycles. The lowest BCUT2D eigenvalue weighted by molar-refractivity contribution is -0.274. The first-order chi connectivity index (χ1) is 16.5. The number of aromatic nitrogens is 3. The second-order valence-electron chi connectivity index (χ2n) is 7.88. The second kappa shape index (κ2) is 9.79. The summed E-state index contributed by atoms with van der Waals surface area (Å²) in [5.74, 6) is -1.16. The van der Waals surface area contributed by atoms with Crippen molar-refractivity contribution < 1.29 is 31.8 Å². The zero-order chi connectivity index (χ0) is 25.3. The quantitative estimate of drug-likeness (QED) is 0.442. The summed E-state index contributed by atoms with van der Waals surface area (Å²) in [6.45, 7) is -0.188. The van der Waals surface area contributed by atoms with Crippen LogP contribution in [0.15, 0.2) is 30.5 Å². The van der Waals surface area contributed by atoms with Crippen molar-refractivity contribution >= 4 is 27.9 Å². The number of para-hydroxylation sites is 1. The Hall–Kier alpha value is -3.23. The van der Waals surface area contributed by atoms with E-state index in [1.807, 2.05) is 0 Å². The molecule has 2 aromatic heterocycles. The first-order valence-electron chi connectivity index (χ1n) is 10.5. The smallest absolute Gasteiger partial charge is 0.405 e. The van der Waals surface area contributed by atoms with Crippen molar-refractivity contribution in [3.8, 4) is 16.3 Å². The molecule has 188 valence electrons. The van der Waals surface area contributed by atoms with E-state index in [2.05, 4.69) is 20.1 Å². The van der Waals surface area contributed by atoms with Crippen LogP contribution in [-0.4, -0.2) is 45.9 Å². The van der Waals surface area contributed by atoms with Gasteiger partial charge in [0, 0.05) is 13.1 Å². The van der Waals surface area contributed by atoms with E-state index in [9.17, 15) is 22.4 Å². The third-order valence-electron chi connectivity index (χ3n) is 5.43. The van der Waals surface area contributed by atoms with E-state index in [-0.39, 0.29) is 27.9 Å². The van der Waals surface area contributed by atoms with Gasteiger partial charge in [0.05, 0.1) is 29.7 Å². The van der Waals surface area contributed by atoms with Crippen molar-refractivity contribution in [1.82, 2.24) is 14.8 Å². The summed E-state index contributed by atoms with van der Waals surface area (Å²) in [5.41, 5.74) is 12.5. The van der Waals surface area contributed by atoms with Gasteiger partial charge in [-0.3, -0.25) is 9.48 Å². The van der Waals surface area contributed by atoms with Crippen molar-refractivity contribution in [2.24, 2.45) is 12.8 Å². The lowest BCUT2D eigenvalue weighted by Crippen LogP contribution is -2.32. The van der Waals surface area contributed by atoms with Crippen LogP contribution < -0.4 is 21.5 Å². The fourth-order valence-electron chi connectivity index (χ4n) is 3.73. The van der Waals surface area contributed by atoms with Crippen LogP contribution in [0.3, 0.4) is 0 Å². The Morgan fingerprint density at radius 3 is 2.80 bits per heavy atom. The van der Waals surface area contributed by atoms with Crippen LogP contribution in [0.2, 0.25) is 0 Å². The SMILES string of the molecule is Cn1ncc(NC(=O)c2nc(-c3ccccc3OC(F)(F)F)sc2N)c1[C@@H]1CC[C@@H](N)[C@H](F)CO1. The number of nitrogen functional groups attached to an aromatic ring is 1. The molecule has 1 fully saturated rings. The molecule has 0 spiro atoms. The van der Waals surface area contributed by atoms with E-state index in [0.29, 0.717) is 24.2 Å². The summed E-state index contributed by atoms with van der Waals surface area (Å²) in [6.07, 6.45) is -4.55. The molecule has 3 aromatic rings. The number of alkyl halides is 4. The minimum Gasteiger partial charge on any atom is -0.405 e. The van der Waals surface area contributed by atoms with Gasteiger partial charge in [0.2, 0.25) is 0 Å². The van der Waals surface area contributed by atoms with E-state index in [1.165, 1.54) is 29.1 Å². The fourth-order valence-corrected chi connectivity index (χ4v) is 4.59. The van der Waals surface area contributed by atoms with E-state index in [1.54, 1.807) is 7.05 Å². The number of carbonyl (C=O) groups is 1. The maximum absolute atomic E-state index is 14.0. The monoisotopic (exact) mass is 514 g/mol. The number of nitrogens with one attached hydrogen (secondary N) is 1. The Kier molecular flexibility index (Phi) is 6.96. The van der Waals surface area contributed by atoms with E-state index in [4.69, 9.17) is 16.2 Å². The molecule has 1 aliphatic rings. The number of anilines is 2. The van der Waals surface area contributed by atoms with Crippen LogP contribution >= 0.6 is 11.3 Å². The van der Waals surface area contributed by atoms with Crippen LogP contribution in [0.25, 0.3) is 10.6 Å². The molecule has 5 N–H and O–H groups in total. The molecule has 3 heterocycles. The number of amides is 1. The number of hydrogen-bond donors (Lipinski definition) is 3. The summed E-state index contributed by atoms with van der Waals surface area (Å²) in [5, 5.41) is 6.90. The summed E-state index contributed by atoms with van der Waals surface area (Å²) in [7, 11) is 1.65. The van der Waals surface area contributed by atoms with Crippen molar-refractivity contribution in [2.75, 3.05) is 17.7 Å². The Bertz CT molecular complexity index is 1200. The molecule has 0 bridgehead atoms. The third-order valence-corrected chi connectivity index (χ3v) is 6.35. The predicted molar refractivity (Wildman–Crippen MR) is 121 cm³/mol. The number of ether oxygens (including phenoxy) is 2. The normalized spacial score (nSPS) is 20.9. The van der Waals surface area contributed by atoms with Gasteiger partial charge in [0.25, 0.3) is 5.91 Å². The van der Waals surface area contributed by atoms with Gasteiger partial charge in [0.1, 0.15) is 28.0 Å². The van der Waals surface area contributed by atoms with Crippen molar-refractivity contribution in [3.63, 3.8) is 0 Å². The standard InChI is InChI=1S/C21H22F4N6O3S/c1-31-17(15-7-6-12(26)11(22)9-33-15)13(8-28-31)29-19(32)16-18(27)35-20(30-16)10-4-2-3-5-14(10)34-21(23,24)25/h2-5,8,11-12,15H,6-7,9,26-27H2,1H3,(H,29,32)/t11-,12-,15+/m1/s1. The number of hydrogen-bond acceptors (Lipinski definition) is 8. The highest BCUT2D eigenvalue weighted by molar-refractivity contribution is 7.19. The molecule has 35 heavy (non-hydrogen) atoms. The lowest BCUT2D eigenvalue weighted by Gasteiger charge is -2.17. The van der Waals surface area contributed by atoms with Crippen LogP contribution in [0.4, 0.5) is 28.3 Å². The van der Waals surface area contributed by atoms with E-state index >= 15 is 0 Å². The molecular weight excluding hydrogens is 492 g/mol. The molecule has 0 unspecified atom stereocenters. The number of nitrogens with zero attached hydrogens (tertiary/aromatic N) is 3. The fraction of sp³-hybridized carbons (Fsp3) is 0.381. The number of halogens is 4. The first kappa shape index (κ1) is 24.9. The molecule has 0 radical (unpaired) electrons. The van der Waals surface area contributed by atoms with E-state index in [0.717, 1.165) is 17.4 Å².